The molecular formula is C23H32N4O2. The van der Waals surface area contributed by atoms with E-state index >= 15 is 0 Å². The van der Waals surface area contributed by atoms with Gasteiger partial charge < -0.3 is 15.8 Å². The monoisotopic (exact) mass is 396 g/mol. The lowest BCUT2D eigenvalue weighted by atomic mass is 9.92. The first-order valence-electron chi connectivity index (χ1n) is 10.9. The number of likely N-dealkylation sites (tertiary alicyclic amines) is 1. The number of aromatic nitrogens is 1. The van der Waals surface area contributed by atoms with Gasteiger partial charge in [0, 0.05) is 17.4 Å². The number of nitrogens with two attached hydrogens (primary N) is 1. The van der Waals surface area contributed by atoms with Crippen LogP contribution in [0.3, 0.4) is 0 Å². The topological polar surface area (TPSA) is 80.5 Å². The highest BCUT2D eigenvalue weighted by molar-refractivity contribution is 5.95. The fourth-order valence-corrected chi connectivity index (χ4v) is 4.62. The number of carbonyl (C=O) groups excluding carboxylic acids is 1. The van der Waals surface area contributed by atoms with Crippen LogP contribution in [0.15, 0.2) is 24.3 Å². The highest BCUT2D eigenvalue weighted by Crippen LogP contribution is 2.33. The number of piperidine rings is 1. The number of hydrogen-bond acceptors (Lipinski definition) is 5. The average Bonchev–Trinajstić information content (AvgIpc) is 2.70. The summed E-state index contributed by atoms with van der Waals surface area (Å²) in [5.74, 6) is 0.977. The molecule has 2 aromatic rings. The Morgan fingerprint density at radius 1 is 1.21 bits per heavy atom. The molecule has 2 heterocycles. The number of amides is 1. The number of nitrogens with zero attached hydrogens (tertiary/aromatic N) is 2. The lowest BCUT2D eigenvalue weighted by molar-refractivity contribution is -0.123. The van der Waals surface area contributed by atoms with Gasteiger partial charge in [0.25, 0.3) is 0 Å². The van der Waals surface area contributed by atoms with Crippen LogP contribution in [0.2, 0.25) is 0 Å². The molecule has 1 aromatic carbocycles. The van der Waals surface area contributed by atoms with Crippen molar-refractivity contribution < 1.29 is 9.53 Å². The number of nitrogens with one attached hydrogen (secondary N) is 1. The molecule has 2 fully saturated rings. The van der Waals surface area contributed by atoms with Crippen molar-refractivity contribution in [2.75, 3.05) is 25.4 Å². The quantitative estimate of drug-likeness (QED) is 0.809. The van der Waals surface area contributed by atoms with E-state index < -0.39 is 0 Å². The minimum Gasteiger partial charge on any atom is -0.490 e. The van der Waals surface area contributed by atoms with Crippen molar-refractivity contribution >= 4 is 22.5 Å². The number of nitrogen functional groups attached to an aromatic ring is 1. The van der Waals surface area contributed by atoms with Crippen LogP contribution in [0, 0.1) is 6.92 Å². The Balaban J connectivity index is 1.30. The summed E-state index contributed by atoms with van der Waals surface area (Å²) >= 11 is 0. The van der Waals surface area contributed by atoms with Gasteiger partial charge in [-0.05, 0) is 76.7 Å². The number of anilines is 1. The van der Waals surface area contributed by atoms with Crippen molar-refractivity contribution in [3.05, 3.63) is 30.0 Å². The van der Waals surface area contributed by atoms with E-state index in [1.165, 1.54) is 19.3 Å². The molecule has 6 heteroatoms. The van der Waals surface area contributed by atoms with Gasteiger partial charge in [-0.25, -0.2) is 0 Å². The van der Waals surface area contributed by atoms with Gasteiger partial charge in [-0.15, -0.1) is 0 Å². The molecule has 6 nitrogen and oxygen atoms in total. The van der Waals surface area contributed by atoms with Crippen LogP contribution in [0.5, 0.6) is 5.75 Å². The highest BCUT2D eigenvalue weighted by Gasteiger charge is 2.25. The summed E-state index contributed by atoms with van der Waals surface area (Å²) in [5, 5.41) is 4.13. The highest BCUT2D eigenvalue weighted by atomic mass is 16.5. The van der Waals surface area contributed by atoms with E-state index in [-0.39, 0.29) is 18.1 Å². The molecule has 4 rings (SSSR count). The lowest BCUT2D eigenvalue weighted by Gasteiger charge is -2.31. The fourth-order valence-electron chi connectivity index (χ4n) is 4.62. The number of hydrogen-bond donors (Lipinski definition) is 2. The summed E-state index contributed by atoms with van der Waals surface area (Å²) in [5.41, 5.74) is 8.74. The molecule has 1 aromatic heterocycles. The Bertz CT molecular complexity index is 855. The third kappa shape index (κ3) is 4.99. The number of benzene rings is 1. The summed E-state index contributed by atoms with van der Waals surface area (Å²) in [6, 6.07) is 8.07. The zero-order valence-electron chi connectivity index (χ0n) is 17.3. The van der Waals surface area contributed by atoms with Crippen molar-refractivity contribution in [3.8, 4) is 5.75 Å². The molecule has 1 saturated carbocycles. The van der Waals surface area contributed by atoms with Crippen LogP contribution >= 0.6 is 0 Å². The maximum atomic E-state index is 12.4. The van der Waals surface area contributed by atoms with Crippen LogP contribution in [-0.2, 0) is 4.79 Å². The number of carbonyl (C=O) groups is 1. The Morgan fingerprint density at radius 2 is 1.97 bits per heavy atom. The third-order valence-electron chi connectivity index (χ3n) is 6.10. The SMILES string of the molecule is Cc1cc(N)c2c(OC3CCC(NC(=O)CN4CCCCC4)CC3)cccc2n1. The number of rotatable bonds is 5. The lowest BCUT2D eigenvalue weighted by Crippen LogP contribution is -2.45. The summed E-state index contributed by atoms with van der Waals surface area (Å²) in [4.78, 5) is 19.2. The van der Waals surface area contributed by atoms with E-state index in [4.69, 9.17) is 10.5 Å². The van der Waals surface area contributed by atoms with Gasteiger partial charge in [0.1, 0.15) is 5.75 Å². The molecule has 29 heavy (non-hydrogen) atoms. The van der Waals surface area contributed by atoms with Gasteiger partial charge in [0.2, 0.25) is 5.91 Å². The van der Waals surface area contributed by atoms with E-state index in [1.807, 2.05) is 31.2 Å². The van der Waals surface area contributed by atoms with Crippen molar-refractivity contribution in [3.63, 3.8) is 0 Å². The normalized spacial score (nSPS) is 23.1. The standard InChI is InChI=1S/C23H32N4O2/c1-16-14-19(24)23-20(25-16)6-5-7-21(23)29-18-10-8-17(9-11-18)26-22(28)15-27-12-3-2-4-13-27/h5-7,14,17-18H,2-4,8-13,15H2,1H3,(H2,24,25)(H,26,28). The van der Waals surface area contributed by atoms with Crippen molar-refractivity contribution in [1.29, 1.82) is 0 Å². The smallest absolute Gasteiger partial charge is 0.234 e. The number of pyridine rings is 1. The average molecular weight is 397 g/mol. The first-order valence-corrected chi connectivity index (χ1v) is 10.9. The van der Waals surface area contributed by atoms with Gasteiger partial charge in [-0.3, -0.25) is 14.7 Å². The van der Waals surface area contributed by atoms with Gasteiger partial charge in [-0.2, -0.15) is 0 Å². The first-order chi connectivity index (χ1) is 14.1. The van der Waals surface area contributed by atoms with Crippen LogP contribution in [0.4, 0.5) is 5.69 Å². The predicted molar refractivity (Wildman–Crippen MR) is 116 cm³/mol. The maximum Gasteiger partial charge on any atom is 0.234 e. The molecule has 156 valence electrons. The largest absolute Gasteiger partial charge is 0.490 e. The van der Waals surface area contributed by atoms with E-state index in [0.717, 1.165) is 61.1 Å². The van der Waals surface area contributed by atoms with Crippen molar-refractivity contribution in [1.82, 2.24) is 15.2 Å². The van der Waals surface area contributed by atoms with Gasteiger partial charge in [0.15, 0.2) is 0 Å². The molecule has 1 amide bonds. The Labute approximate surface area is 172 Å². The van der Waals surface area contributed by atoms with E-state index in [9.17, 15) is 4.79 Å². The molecule has 1 aliphatic heterocycles. The molecule has 1 saturated heterocycles. The molecule has 0 unspecified atom stereocenters. The van der Waals surface area contributed by atoms with Crippen molar-refractivity contribution in [2.24, 2.45) is 0 Å². The maximum absolute atomic E-state index is 12.4. The van der Waals surface area contributed by atoms with E-state index in [1.54, 1.807) is 0 Å². The summed E-state index contributed by atoms with van der Waals surface area (Å²) in [6.07, 6.45) is 7.64. The molecular weight excluding hydrogens is 364 g/mol. The van der Waals surface area contributed by atoms with Crippen molar-refractivity contribution in [2.45, 2.75) is 64.0 Å². The molecule has 0 radical (unpaired) electrons. The third-order valence-corrected chi connectivity index (χ3v) is 6.10. The van der Waals surface area contributed by atoms with E-state index in [0.29, 0.717) is 12.2 Å². The van der Waals surface area contributed by atoms with Crippen LogP contribution in [-0.4, -0.2) is 47.6 Å². The number of fused-ring (bicyclic) bond motifs is 1. The molecule has 0 bridgehead atoms. The van der Waals surface area contributed by atoms with Gasteiger partial charge in [0.05, 0.1) is 23.6 Å². The number of ether oxygens (including phenoxy) is 1. The van der Waals surface area contributed by atoms with Crippen LogP contribution < -0.4 is 15.8 Å². The Morgan fingerprint density at radius 3 is 2.72 bits per heavy atom. The van der Waals surface area contributed by atoms with Gasteiger partial charge >= 0.3 is 0 Å². The zero-order valence-corrected chi connectivity index (χ0v) is 17.3. The second-order valence-electron chi connectivity index (χ2n) is 8.50. The molecule has 2 aliphatic rings. The van der Waals surface area contributed by atoms with Crippen LogP contribution in [0.25, 0.3) is 10.9 Å². The second-order valence-corrected chi connectivity index (χ2v) is 8.50. The Kier molecular flexibility index (Phi) is 6.19. The first kappa shape index (κ1) is 20.0. The molecule has 0 atom stereocenters. The zero-order chi connectivity index (χ0) is 20.2. The minimum atomic E-state index is 0.150. The minimum absolute atomic E-state index is 0.150. The molecule has 1 aliphatic carbocycles. The molecule has 0 spiro atoms. The van der Waals surface area contributed by atoms with Gasteiger partial charge in [-0.1, -0.05) is 12.5 Å². The van der Waals surface area contributed by atoms with Crippen LogP contribution in [0.1, 0.15) is 50.6 Å². The Hall–Kier alpha value is -2.34. The predicted octanol–water partition coefficient (Wildman–Crippen LogP) is 3.42. The summed E-state index contributed by atoms with van der Waals surface area (Å²) in [7, 11) is 0. The second kappa shape index (κ2) is 8.99. The summed E-state index contributed by atoms with van der Waals surface area (Å²) < 4.78 is 6.32. The number of aryl methyl sites for hydroxylation is 1. The fraction of sp³-hybridized carbons (Fsp3) is 0.565. The molecule has 3 N–H and O–H groups in total. The van der Waals surface area contributed by atoms with E-state index in [2.05, 4.69) is 15.2 Å². The summed E-state index contributed by atoms with van der Waals surface area (Å²) in [6.45, 7) is 4.59.